The minimum absolute atomic E-state index is 0.177. The van der Waals surface area contributed by atoms with E-state index in [1.54, 1.807) is 25.1 Å². The van der Waals surface area contributed by atoms with Crippen molar-refractivity contribution in [2.24, 2.45) is 0 Å². The number of aryl methyl sites for hydroxylation is 2. The minimum atomic E-state index is -0.468. The Morgan fingerprint density at radius 1 is 1.08 bits per heavy atom. The van der Waals surface area contributed by atoms with Gasteiger partial charge in [0.15, 0.2) is 0 Å². The number of rotatable bonds is 6. The number of hydrogen-bond acceptors (Lipinski definition) is 4. The predicted octanol–water partition coefficient (Wildman–Crippen LogP) is 3.51. The molecule has 0 atom stereocenters. The molecular weight excluding hydrogens is 316 g/mol. The van der Waals surface area contributed by atoms with E-state index < -0.39 is 5.97 Å². The van der Waals surface area contributed by atoms with E-state index in [9.17, 15) is 9.59 Å². The molecule has 25 heavy (non-hydrogen) atoms. The Morgan fingerprint density at radius 2 is 1.76 bits per heavy atom. The molecule has 5 nitrogen and oxygen atoms in total. The molecule has 2 rings (SSSR count). The van der Waals surface area contributed by atoms with Crippen molar-refractivity contribution in [1.29, 1.82) is 5.41 Å². The van der Waals surface area contributed by atoms with Crippen molar-refractivity contribution in [3.8, 4) is 0 Å². The fourth-order valence-electron chi connectivity index (χ4n) is 2.71. The highest BCUT2D eigenvalue weighted by atomic mass is 16.5. The quantitative estimate of drug-likeness (QED) is 0.647. The molecule has 1 amide bonds. The third kappa shape index (κ3) is 4.12. The monoisotopic (exact) mass is 338 g/mol. The highest BCUT2D eigenvalue weighted by molar-refractivity contribution is 6.13. The number of para-hydroxylation sites is 1. The van der Waals surface area contributed by atoms with Gasteiger partial charge in [0.2, 0.25) is 0 Å². The SMILES string of the molecule is CCOC(=O)CN(C(=O)c1c(C)cccc1C=N)c1ccccc1C. The highest BCUT2D eigenvalue weighted by Gasteiger charge is 2.25. The molecule has 0 saturated heterocycles. The number of nitrogens with zero attached hydrogens (tertiary/aromatic N) is 1. The second-order valence-electron chi connectivity index (χ2n) is 5.67. The molecule has 0 spiro atoms. The van der Waals surface area contributed by atoms with E-state index in [-0.39, 0.29) is 19.1 Å². The first kappa shape index (κ1) is 18.4. The third-order valence-corrected chi connectivity index (χ3v) is 3.92. The molecule has 130 valence electrons. The van der Waals surface area contributed by atoms with E-state index in [1.807, 2.05) is 38.1 Å². The highest BCUT2D eigenvalue weighted by Crippen LogP contribution is 2.24. The van der Waals surface area contributed by atoms with Gasteiger partial charge in [-0.1, -0.05) is 36.4 Å². The number of nitrogens with one attached hydrogen (secondary N) is 1. The first-order valence-electron chi connectivity index (χ1n) is 8.12. The smallest absolute Gasteiger partial charge is 0.326 e. The van der Waals surface area contributed by atoms with Gasteiger partial charge < -0.3 is 10.1 Å². The van der Waals surface area contributed by atoms with Crippen LogP contribution in [0.1, 0.15) is 34.0 Å². The summed E-state index contributed by atoms with van der Waals surface area (Å²) in [7, 11) is 0. The Labute approximate surface area is 147 Å². The van der Waals surface area contributed by atoms with Crippen LogP contribution in [0, 0.1) is 19.3 Å². The van der Waals surface area contributed by atoms with Crippen molar-refractivity contribution >= 4 is 23.8 Å². The minimum Gasteiger partial charge on any atom is -0.465 e. The lowest BCUT2D eigenvalue weighted by Crippen LogP contribution is -2.38. The average Bonchev–Trinajstić information content (AvgIpc) is 2.60. The summed E-state index contributed by atoms with van der Waals surface area (Å²) in [5.41, 5.74) is 3.23. The molecule has 0 heterocycles. The zero-order chi connectivity index (χ0) is 18.4. The normalized spacial score (nSPS) is 10.2. The summed E-state index contributed by atoms with van der Waals surface area (Å²) in [5.74, 6) is -0.789. The van der Waals surface area contributed by atoms with Gasteiger partial charge in [0.05, 0.1) is 12.2 Å². The van der Waals surface area contributed by atoms with Crippen LogP contribution in [-0.2, 0) is 9.53 Å². The van der Waals surface area contributed by atoms with E-state index >= 15 is 0 Å². The lowest BCUT2D eigenvalue weighted by molar-refractivity contribution is -0.141. The van der Waals surface area contributed by atoms with Crippen molar-refractivity contribution in [1.82, 2.24) is 0 Å². The molecule has 0 aliphatic heterocycles. The standard InChI is InChI=1S/C20H22N2O3/c1-4-25-18(23)13-22(17-11-6-5-8-14(17)2)20(24)19-15(3)9-7-10-16(19)12-21/h5-12,21H,4,13H2,1-3H3. The molecule has 5 heteroatoms. The maximum atomic E-state index is 13.3. The molecular formula is C20H22N2O3. The molecule has 0 aliphatic carbocycles. The second-order valence-corrected chi connectivity index (χ2v) is 5.67. The molecule has 2 aromatic rings. The van der Waals surface area contributed by atoms with Crippen molar-refractivity contribution < 1.29 is 14.3 Å². The zero-order valence-corrected chi connectivity index (χ0v) is 14.7. The number of carbonyl (C=O) groups excluding carboxylic acids is 2. The molecule has 2 aromatic carbocycles. The van der Waals surface area contributed by atoms with Crippen LogP contribution in [0.25, 0.3) is 0 Å². The van der Waals surface area contributed by atoms with E-state index in [0.717, 1.165) is 17.3 Å². The summed E-state index contributed by atoms with van der Waals surface area (Å²) in [5, 5.41) is 7.58. The van der Waals surface area contributed by atoms with Crippen LogP contribution < -0.4 is 4.90 Å². The fraction of sp³-hybridized carbons (Fsp3) is 0.250. The van der Waals surface area contributed by atoms with Crippen LogP contribution in [0.4, 0.5) is 5.69 Å². The summed E-state index contributed by atoms with van der Waals surface area (Å²) in [6.45, 7) is 5.51. The maximum absolute atomic E-state index is 13.3. The summed E-state index contributed by atoms with van der Waals surface area (Å²) in [4.78, 5) is 26.7. The second kappa shape index (κ2) is 8.24. The third-order valence-electron chi connectivity index (χ3n) is 3.92. The summed E-state index contributed by atoms with van der Waals surface area (Å²) >= 11 is 0. The van der Waals surface area contributed by atoms with E-state index in [0.29, 0.717) is 16.8 Å². The number of carbonyl (C=O) groups is 2. The van der Waals surface area contributed by atoms with Gasteiger partial charge in [0.1, 0.15) is 6.54 Å². The van der Waals surface area contributed by atoms with Gasteiger partial charge in [-0.15, -0.1) is 0 Å². The topological polar surface area (TPSA) is 70.5 Å². The molecule has 0 unspecified atom stereocenters. The van der Waals surface area contributed by atoms with E-state index in [2.05, 4.69) is 0 Å². The van der Waals surface area contributed by atoms with Gasteiger partial charge in [0, 0.05) is 17.5 Å². The van der Waals surface area contributed by atoms with Crippen LogP contribution in [0.5, 0.6) is 0 Å². The van der Waals surface area contributed by atoms with Crippen molar-refractivity contribution in [2.45, 2.75) is 20.8 Å². The van der Waals surface area contributed by atoms with Gasteiger partial charge in [-0.05, 0) is 38.0 Å². The Hall–Kier alpha value is -2.95. The van der Waals surface area contributed by atoms with Gasteiger partial charge in [0.25, 0.3) is 5.91 Å². The number of benzene rings is 2. The Kier molecular flexibility index (Phi) is 6.06. The van der Waals surface area contributed by atoms with Crippen molar-refractivity contribution in [3.05, 3.63) is 64.7 Å². The summed E-state index contributed by atoms with van der Waals surface area (Å²) in [6, 6.07) is 12.7. The Morgan fingerprint density at radius 3 is 2.40 bits per heavy atom. The summed E-state index contributed by atoms with van der Waals surface area (Å²) in [6.07, 6.45) is 1.15. The van der Waals surface area contributed by atoms with Gasteiger partial charge in [-0.25, -0.2) is 0 Å². The predicted molar refractivity (Wildman–Crippen MR) is 98.6 cm³/mol. The largest absolute Gasteiger partial charge is 0.465 e. The first-order valence-corrected chi connectivity index (χ1v) is 8.12. The summed E-state index contributed by atoms with van der Waals surface area (Å²) < 4.78 is 5.03. The molecule has 0 saturated carbocycles. The average molecular weight is 338 g/mol. The van der Waals surface area contributed by atoms with E-state index in [1.165, 1.54) is 4.90 Å². The van der Waals surface area contributed by atoms with Crippen LogP contribution in [0.2, 0.25) is 0 Å². The number of anilines is 1. The van der Waals surface area contributed by atoms with Gasteiger partial charge in [-0.2, -0.15) is 0 Å². The van der Waals surface area contributed by atoms with Gasteiger partial charge in [-0.3, -0.25) is 14.5 Å². The van der Waals surface area contributed by atoms with Gasteiger partial charge >= 0.3 is 5.97 Å². The van der Waals surface area contributed by atoms with Crippen molar-refractivity contribution in [3.63, 3.8) is 0 Å². The van der Waals surface area contributed by atoms with E-state index in [4.69, 9.17) is 10.1 Å². The van der Waals surface area contributed by atoms with Crippen molar-refractivity contribution in [2.75, 3.05) is 18.1 Å². The molecule has 0 radical (unpaired) electrons. The molecule has 1 N–H and O–H groups in total. The number of esters is 1. The maximum Gasteiger partial charge on any atom is 0.326 e. The van der Waals surface area contributed by atoms with Crippen LogP contribution >= 0.6 is 0 Å². The molecule has 0 aromatic heterocycles. The number of ether oxygens (including phenoxy) is 1. The zero-order valence-electron chi connectivity index (χ0n) is 14.7. The molecule has 0 fully saturated rings. The lowest BCUT2D eigenvalue weighted by atomic mass is 10.0. The number of hydrogen-bond donors (Lipinski definition) is 1. The molecule has 0 bridgehead atoms. The van der Waals surface area contributed by atoms with Crippen LogP contribution in [-0.4, -0.2) is 31.2 Å². The Balaban J connectivity index is 2.52. The number of amides is 1. The lowest BCUT2D eigenvalue weighted by Gasteiger charge is -2.25. The first-order chi connectivity index (χ1) is 12.0. The van der Waals surface area contributed by atoms with Crippen LogP contribution in [0.15, 0.2) is 42.5 Å². The molecule has 0 aliphatic rings. The fourth-order valence-corrected chi connectivity index (χ4v) is 2.71. The Bertz CT molecular complexity index is 799. The van der Waals surface area contributed by atoms with Crippen LogP contribution in [0.3, 0.4) is 0 Å².